The highest BCUT2D eigenvalue weighted by Crippen LogP contribution is 2.19. The van der Waals surface area contributed by atoms with Gasteiger partial charge >= 0.3 is 0 Å². The minimum atomic E-state index is -0.482. The van der Waals surface area contributed by atoms with Gasteiger partial charge in [0, 0.05) is 22.9 Å². The third kappa shape index (κ3) is 3.43. The van der Waals surface area contributed by atoms with Gasteiger partial charge in [0.25, 0.3) is 11.6 Å². The average molecular weight is 286 g/mol. The Hall–Kier alpha value is -2.73. The summed E-state index contributed by atoms with van der Waals surface area (Å²) in [5.74, 6) is -0.343. The first-order valence-corrected chi connectivity index (χ1v) is 6.27. The van der Waals surface area contributed by atoms with Crippen LogP contribution in [0.15, 0.2) is 42.5 Å². The number of benzene rings is 2. The van der Waals surface area contributed by atoms with Gasteiger partial charge in [-0.05, 0) is 36.8 Å². The Balaban J connectivity index is 2.16. The van der Waals surface area contributed by atoms with Crippen LogP contribution in [-0.4, -0.2) is 15.9 Å². The van der Waals surface area contributed by atoms with E-state index in [4.69, 9.17) is 5.11 Å². The highest BCUT2D eigenvalue weighted by atomic mass is 16.6. The molecule has 6 heteroatoms. The highest BCUT2D eigenvalue weighted by molar-refractivity contribution is 6.04. The van der Waals surface area contributed by atoms with Crippen molar-refractivity contribution in [2.24, 2.45) is 0 Å². The number of amides is 1. The van der Waals surface area contributed by atoms with E-state index in [-0.39, 0.29) is 18.2 Å². The van der Waals surface area contributed by atoms with Crippen molar-refractivity contribution < 1.29 is 14.8 Å². The largest absolute Gasteiger partial charge is 0.392 e. The van der Waals surface area contributed by atoms with E-state index >= 15 is 0 Å². The molecule has 0 heterocycles. The van der Waals surface area contributed by atoms with Crippen LogP contribution >= 0.6 is 0 Å². The molecule has 0 aliphatic rings. The van der Waals surface area contributed by atoms with Crippen LogP contribution in [0.5, 0.6) is 0 Å². The van der Waals surface area contributed by atoms with Gasteiger partial charge in [-0.1, -0.05) is 12.1 Å². The van der Waals surface area contributed by atoms with Crippen LogP contribution < -0.4 is 5.32 Å². The summed E-state index contributed by atoms with van der Waals surface area (Å²) in [7, 11) is 0. The van der Waals surface area contributed by atoms with Gasteiger partial charge in [0.15, 0.2) is 0 Å². The summed E-state index contributed by atoms with van der Waals surface area (Å²) >= 11 is 0. The minimum Gasteiger partial charge on any atom is -0.392 e. The number of nitrogens with zero attached hydrogens (tertiary/aromatic N) is 1. The minimum absolute atomic E-state index is 0.0150. The van der Waals surface area contributed by atoms with Gasteiger partial charge in [-0.15, -0.1) is 0 Å². The molecule has 0 fully saturated rings. The number of anilines is 1. The fourth-order valence-electron chi connectivity index (χ4n) is 1.90. The van der Waals surface area contributed by atoms with Gasteiger partial charge in [-0.25, -0.2) is 0 Å². The number of hydrogen-bond donors (Lipinski definition) is 2. The zero-order valence-electron chi connectivity index (χ0n) is 11.4. The van der Waals surface area contributed by atoms with E-state index in [0.717, 1.165) is 5.56 Å². The molecule has 1 amide bonds. The number of carbonyl (C=O) groups is 1. The van der Waals surface area contributed by atoms with E-state index in [1.807, 2.05) is 0 Å². The Labute approximate surface area is 121 Å². The smallest absolute Gasteiger partial charge is 0.272 e. The van der Waals surface area contributed by atoms with Gasteiger partial charge in [0.2, 0.25) is 0 Å². The van der Waals surface area contributed by atoms with E-state index in [1.54, 1.807) is 31.2 Å². The number of hydrogen-bond acceptors (Lipinski definition) is 4. The Morgan fingerprint density at radius 3 is 2.43 bits per heavy atom. The predicted molar refractivity (Wildman–Crippen MR) is 78.2 cm³/mol. The first-order valence-electron chi connectivity index (χ1n) is 6.27. The van der Waals surface area contributed by atoms with Crippen LogP contribution in [0.1, 0.15) is 21.5 Å². The summed E-state index contributed by atoms with van der Waals surface area (Å²) in [6, 6.07) is 11.0. The van der Waals surface area contributed by atoms with Crippen molar-refractivity contribution in [2.45, 2.75) is 13.5 Å². The molecule has 108 valence electrons. The number of rotatable bonds is 4. The highest BCUT2D eigenvalue weighted by Gasteiger charge is 2.13. The van der Waals surface area contributed by atoms with Gasteiger partial charge < -0.3 is 10.4 Å². The van der Waals surface area contributed by atoms with Crippen molar-refractivity contribution in [3.63, 3.8) is 0 Å². The zero-order chi connectivity index (χ0) is 15.4. The van der Waals surface area contributed by atoms with Crippen LogP contribution in [-0.2, 0) is 6.61 Å². The second kappa shape index (κ2) is 6.15. The zero-order valence-corrected chi connectivity index (χ0v) is 11.4. The molecule has 0 aliphatic heterocycles. The van der Waals surface area contributed by atoms with E-state index in [1.165, 1.54) is 18.2 Å². The summed E-state index contributed by atoms with van der Waals surface area (Å²) in [5, 5.41) is 22.4. The topological polar surface area (TPSA) is 92.5 Å². The summed E-state index contributed by atoms with van der Waals surface area (Å²) in [5.41, 5.74) is 2.11. The van der Waals surface area contributed by atoms with Crippen LogP contribution in [0.4, 0.5) is 11.4 Å². The Morgan fingerprint density at radius 2 is 1.90 bits per heavy atom. The van der Waals surface area contributed by atoms with Crippen LogP contribution in [0.2, 0.25) is 0 Å². The molecule has 2 aromatic rings. The molecule has 2 aromatic carbocycles. The quantitative estimate of drug-likeness (QED) is 0.667. The predicted octanol–water partition coefficient (Wildman–Crippen LogP) is 2.65. The van der Waals surface area contributed by atoms with Crippen LogP contribution in [0, 0.1) is 17.0 Å². The first kappa shape index (κ1) is 14.7. The summed E-state index contributed by atoms with van der Waals surface area (Å²) < 4.78 is 0. The van der Waals surface area contributed by atoms with Crippen molar-refractivity contribution in [1.82, 2.24) is 0 Å². The molecule has 0 saturated heterocycles. The normalized spacial score (nSPS) is 10.2. The number of aryl methyl sites for hydroxylation is 1. The first-order chi connectivity index (χ1) is 10.0. The van der Waals surface area contributed by atoms with Crippen LogP contribution in [0.25, 0.3) is 0 Å². The maximum absolute atomic E-state index is 12.1. The monoisotopic (exact) mass is 286 g/mol. The number of aliphatic hydroxyl groups is 1. The molecule has 0 aliphatic carbocycles. The van der Waals surface area contributed by atoms with Crippen molar-refractivity contribution in [2.75, 3.05) is 5.32 Å². The molecule has 0 aromatic heterocycles. The third-order valence-corrected chi connectivity index (χ3v) is 3.05. The molecule has 21 heavy (non-hydrogen) atoms. The summed E-state index contributed by atoms with van der Waals surface area (Å²) in [6.45, 7) is 1.53. The van der Waals surface area contributed by atoms with Crippen molar-refractivity contribution >= 4 is 17.3 Å². The van der Waals surface area contributed by atoms with Crippen molar-refractivity contribution in [3.8, 4) is 0 Å². The third-order valence-electron chi connectivity index (χ3n) is 3.05. The SMILES string of the molecule is Cc1cc(C(=O)Nc2ccc(CO)cc2)ccc1[N+](=O)[O-]. The van der Waals surface area contributed by atoms with Gasteiger partial charge in [-0.2, -0.15) is 0 Å². The lowest BCUT2D eigenvalue weighted by Gasteiger charge is -2.07. The average Bonchev–Trinajstić information content (AvgIpc) is 2.47. The number of nitrogens with one attached hydrogen (secondary N) is 1. The molecule has 0 atom stereocenters. The van der Waals surface area contributed by atoms with Crippen molar-refractivity contribution in [3.05, 3.63) is 69.3 Å². The Kier molecular flexibility index (Phi) is 4.30. The standard InChI is InChI=1S/C15H14N2O4/c1-10-8-12(4-7-14(10)17(20)21)15(19)16-13-5-2-11(9-18)3-6-13/h2-8,18H,9H2,1H3,(H,16,19). The number of nitro groups is 1. The van der Waals surface area contributed by atoms with E-state index in [2.05, 4.69) is 5.32 Å². The van der Waals surface area contributed by atoms with Gasteiger partial charge in [0.1, 0.15) is 0 Å². The Bertz CT molecular complexity index is 681. The van der Waals surface area contributed by atoms with Crippen molar-refractivity contribution in [1.29, 1.82) is 0 Å². The lowest BCUT2D eigenvalue weighted by atomic mass is 10.1. The maximum Gasteiger partial charge on any atom is 0.272 e. The summed E-state index contributed by atoms with van der Waals surface area (Å²) in [4.78, 5) is 22.3. The molecule has 0 unspecified atom stereocenters. The number of aliphatic hydroxyl groups excluding tert-OH is 1. The molecule has 0 spiro atoms. The second-order valence-electron chi connectivity index (χ2n) is 4.57. The lowest BCUT2D eigenvalue weighted by molar-refractivity contribution is -0.385. The molecule has 0 saturated carbocycles. The summed E-state index contributed by atoms with van der Waals surface area (Å²) in [6.07, 6.45) is 0. The fourth-order valence-corrected chi connectivity index (χ4v) is 1.90. The van der Waals surface area contributed by atoms with Crippen LogP contribution in [0.3, 0.4) is 0 Å². The molecular weight excluding hydrogens is 272 g/mol. The molecule has 0 bridgehead atoms. The lowest BCUT2D eigenvalue weighted by Crippen LogP contribution is -2.12. The fraction of sp³-hybridized carbons (Fsp3) is 0.133. The van der Waals surface area contributed by atoms with E-state index < -0.39 is 4.92 Å². The van der Waals surface area contributed by atoms with E-state index in [9.17, 15) is 14.9 Å². The molecule has 2 N–H and O–H groups in total. The Morgan fingerprint density at radius 1 is 1.24 bits per heavy atom. The maximum atomic E-state index is 12.1. The molecular formula is C15H14N2O4. The molecule has 6 nitrogen and oxygen atoms in total. The number of carbonyl (C=O) groups excluding carboxylic acids is 1. The van der Waals surface area contributed by atoms with Gasteiger partial charge in [0.05, 0.1) is 11.5 Å². The van der Waals surface area contributed by atoms with E-state index in [0.29, 0.717) is 16.8 Å². The van der Waals surface area contributed by atoms with Gasteiger partial charge in [-0.3, -0.25) is 14.9 Å². The number of nitro benzene ring substituents is 1. The second-order valence-corrected chi connectivity index (χ2v) is 4.57. The molecule has 2 rings (SSSR count). The molecule has 0 radical (unpaired) electrons.